The molecule has 104 valence electrons. The molecular formula is C16H15FO3. The van der Waals surface area contributed by atoms with Crippen LogP contribution in [-0.2, 0) is 9.59 Å². The Hall–Kier alpha value is -2.23. The number of ketones is 1. The van der Waals surface area contributed by atoms with Gasteiger partial charge in [-0.15, -0.1) is 0 Å². The van der Waals surface area contributed by atoms with Crippen LogP contribution < -0.4 is 0 Å². The van der Waals surface area contributed by atoms with Crippen molar-refractivity contribution in [2.75, 3.05) is 0 Å². The highest BCUT2D eigenvalue weighted by atomic mass is 19.1. The molecule has 2 atom stereocenters. The van der Waals surface area contributed by atoms with Gasteiger partial charge in [0, 0.05) is 5.57 Å². The Morgan fingerprint density at radius 3 is 2.20 bits per heavy atom. The molecule has 4 heteroatoms. The van der Waals surface area contributed by atoms with E-state index in [9.17, 15) is 14.0 Å². The van der Waals surface area contributed by atoms with Crippen molar-refractivity contribution in [2.45, 2.75) is 13.8 Å². The van der Waals surface area contributed by atoms with E-state index in [-0.39, 0.29) is 17.7 Å². The Labute approximate surface area is 116 Å². The number of allylic oxidation sites excluding steroid dienone is 3. The third kappa shape index (κ3) is 2.54. The molecule has 0 radical (unpaired) electrons. The highest BCUT2D eigenvalue weighted by Crippen LogP contribution is 2.36. The SMILES string of the molecule is CC1C(C(=O)C(=O)O)=CC=C(c2ccc(F)cc2)C1C. The van der Waals surface area contributed by atoms with Crippen molar-refractivity contribution >= 4 is 17.3 Å². The molecule has 0 heterocycles. The summed E-state index contributed by atoms with van der Waals surface area (Å²) in [5.74, 6) is -2.80. The molecule has 0 spiro atoms. The Morgan fingerprint density at radius 1 is 1.05 bits per heavy atom. The lowest BCUT2D eigenvalue weighted by Crippen LogP contribution is -2.25. The Balaban J connectivity index is 2.39. The van der Waals surface area contributed by atoms with Gasteiger partial charge in [-0.05, 0) is 35.1 Å². The van der Waals surface area contributed by atoms with Crippen LogP contribution in [0.1, 0.15) is 19.4 Å². The third-order valence-electron chi connectivity index (χ3n) is 3.81. The van der Waals surface area contributed by atoms with Gasteiger partial charge in [-0.3, -0.25) is 4.79 Å². The molecule has 1 N–H and O–H groups in total. The average Bonchev–Trinajstić information content (AvgIpc) is 2.42. The van der Waals surface area contributed by atoms with Gasteiger partial charge in [-0.2, -0.15) is 0 Å². The Bertz CT molecular complexity index is 611. The van der Waals surface area contributed by atoms with Gasteiger partial charge in [0.25, 0.3) is 5.78 Å². The maximum Gasteiger partial charge on any atom is 0.376 e. The lowest BCUT2D eigenvalue weighted by molar-refractivity contribution is -0.147. The number of carbonyl (C=O) groups is 2. The van der Waals surface area contributed by atoms with Gasteiger partial charge < -0.3 is 5.11 Å². The fourth-order valence-electron chi connectivity index (χ4n) is 2.43. The number of hydrogen-bond donors (Lipinski definition) is 1. The van der Waals surface area contributed by atoms with E-state index in [1.54, 1.807) is 24.3 Å². The van der Waals surface area contributed by atoms with Gasteiger partial charge in [-0.25, -0.2) is 9.18 Å². The molecule has 1 aromatic rings. The van der Waals surface area contributed by atoms with Crippen molar-refractivity contribution in [3.8, 4) is 0 Å². The van der Waals surface area contributed by atoms with Crippen LogP contribution in [0.4, 0.5) is 4.39 Å². The molecule has 0 aliphatic heterocycles. The molecule has 1 aliphatic carbocycles. The van der Waals surface area contributed by atoms with E-state index >= 15 is 0 Å². The summed E-state index contributed by atoms with van der Waals surface area (Å²) in [6.07, 6.45) is 3.30. The normalized spacial score (nSPS) is 21.9. The molecule has 3 nitrogen and oxygen atoms in total. The highest BCUT2D eigenvalue weighted by Gasteiger charge is 2.30. The van der Waals surface area contributed by atoms with Gasteiger partial charge in [0.2, 0.25) is 0 Å². The molecule has 2 rings (SSSR count). The van der Waals surface area contributed by atoms with Crippen molar-refractivity contribution in [1.29, 1.82) is 0 Å². The predicted octanol–water partition coefficient (Wildman–Crippen LogP) is 3.08. The summed E-state index contributed by atoms with van der Waals surface area (Å²) in [5, 5.41) is 8.80. The van der Waals surface area contributed by atoms with E-state index in [4.69, 9.17) is 5.11 Å². The largest absolute Gasteiger partial charge is 0.475 e. The summed E-state index contributed by atoms with van der Waals surface area (Å²) in [5.41, 5.74) is 2.15. The first-order chi connectivity index (χ1) is 9.41. The molecule has 0 saturated heterocycles. The molecule has 0 bridgehead atoms. The van der Waals surface area contributed by atoms with Gasteiger partial charge >= 0.3 is 5.97 Å². The zero-order valence-electron chi connectivity index (χ0n) is 11.3. The lowest BCUT2D eigenvalue weighted by atomic mass is 9.76. The number of hydrogen-bond acceptors (Lipinski definition) is 2. The van der Waals surface area contributed by atoms with Crippen LogP contribution in [0.3, 0.4) is 0 Å². The second kappa shape index (κ2) is 5.41. The number of halogens is 1. The average molecular weight is 274 g/mol. The number of carbonyl (C=O) groups excluding carboxylic acids is 1. The second-order valence-electron chi connectivity index (χ2n) is 4.96. The summed E-state index contributed by atoms with van der Waals surface area (Å²) in [6.45, 7) is 3.76. The minimum absolute atomic E-state index is 0.0104. The first-order valence-electron chi connectivity index (χ1n) is 6.37. The van der Waals surface area contributed by atoms with E-state index in [1.165, 1.54) is 12.1 Å². The highest BCUT2D eigenvalue weighted by molar-refractivity contribution is 6.40. The number of Topliss-reactive ketones (excluding diaryl/α,β-unsaturated/α-hetero) is 1. The quantitative estimate of drug-likeness (QED) is 0.862. The molecule has 1 aromatic carbocycles. The van der Waals surface area contributed by atoms with Crippen molar-refractivity contribution < 1.29 is 19.1 Å². The Kier molecular flexibility index (Phi) is 3.84. The van der Waals surface area contributed by atoms with Crippen LogP contribution in [-0.4, -0.2) is 16.9 Å². The molecule has 20 heavy (non-hydrogen) atoms. The van der Waals surface area contributed by atoms with Crippen molar-refractivity contribution in [3.05, 3.63) is 53.4 Å². The van der Waals surface area contributed by atoms with Crippen LogP contribution in [0.5, 0.6) is 0 Å². The number of rotatable bonds is 3. The van der Waals surface area contributed by atoms with E-state index in [2.05, 4.69) is 0 Å². The number of benzene rings is 1. The minimum Gasteiger partial charge on any atom is -0.475 e. The number of carboxylic acid groups (broad SMARTS) is 1. The van der Waals surface area contributed by atoms with Crippen molar-refractivity contribution in [2.24, 2.45) is 11.8 Å². The summed E-state index contributed by atoms with van der Waals surface area (Å²) in [7, 11) is 0. The molecule has 0 fully saturated rings. The first kappa shape index (κ1) is 14.2. The fraction of sp³-hybridized carbons (Fsp3) is 0.250. The van der Waals surface area contributed by atoms with Crippen molar-refractivity contribution in [3.63, 3.8) is 0 Å². The van der Waals surface area contributed by atoms with E-state index in [1.807, 2.05) is 13.8 Å². The molecule has 1 aliphatic rings. The monoisotopic (exact) mass is 274 g/mol. The maximum absolute atomic E-state index is 12.9. The standard InChI is InChI=1S/C16H15FO3/c1-9-10(2)14(15(18)16(19)20)8-7-13(9)11-3-5-12(17)6-4-11/h3-10H,1-2H3,(H,19,20). The molecule has 0 amide bonds. The van der Waals surface area contributed by atoms with Gasteiger partial charge in [0.1, 0.15) is 5.82 Å². The predicted molar refractivity (Wildman–Crippen MR) is 73.4 cm³/mol. The summed E-state index contributed by atoms with van der Waals surface area (Å²) >= 11 is 0. The van der Waals surface area contributed by atoms with Crippen LogP contribution in [0.25, 0.3) is 5.57 Å². The summed E-state index contributed by atoms with van der Waals surface area (Å²) in [6, 6.07) is 6.13. The number of carboxylic acids is 1. The molecule has 2 unspecified atom stereocenters. The summed E-state index contributed by atoms with van der Waals surface area (Å²) < 4.78 is 12.9. The maximum atomic E-state index is 12.9. The van der Waals surface area contributed by atoms with Gasteiger partial charge in [0.05, 0.1) is 0 Å². The smallest absolute Gasteiger partial charge is 0.376 e. The third-order valence-corrected chi connectivity index (χ3v) is 3.81. The summed E-state index contributed by atoms with van der Waals surface area (Å²) in [4.78, 5) is 22.4. The zero-order chi connectivity index (χ0) is 14.9. The minimum atomic E-state index is -1.44. The fourth-order valence-corrected chi connectivity index (χ4v) is 2.43. The molecule has 0 aromatic heterocycles. The molecule has 0 saturated carbocycles. The van der Waals surface area contributed by atoms with Crippen LogP contribution in [0.15, 0.2) is 42.0 Å². The lowest BCUT2D eigenvalue weighted by Gasteiger charge is -2.27. The van der Waals surface area contributed by atoms with E-state index in [0.717, 1.165) is 11.1 Å². The van der Waals surface area contributed by atoms with Crippen molar-refractivity contribution in [1.82, 2.24) is 0 Å². The van der Waals surface area contributed by atoms with E-state index in [0.29, 0.717) is 5.57 Å². The van der Waals surface area contributed by atoms with Gasteiger partial charge in [0.15, 0.2) is 0 Å². The van der Waals surface area contributed by atoms with Crippen LogP contribution in [0.2, 0.25) is 0 Å². The first-order valence-corrected chi connectivity index (χ1v) is 6.37. The van der Waals surface area contributed by atoms with E-state index < -0.39 is 11.8 Å². The Morgan fingerprint density at radius 2 is 1.65 bits per heavy atom. The second-order valence-corrected chi connectivity index (χ2v) is 4.96. The zero-order valence-corrected chi connectivity index (χ0v) is 11.3. The van der Waals surface area contributed by atoms with Crippen LogP contribution >= 0.6 is 0 Å². The topological polar surface area (TPSA) is 54.4 Å². The van der Waals surface area contributed by atoms with Gasteiger partial charge in [-0.1, -0.05) is 38.1 Å². The van der Waals surface area contributed by atoms with Crippen LogP contribution in [0, 0.1) is 17.7 Å². The number of aliphatic carboxylic acids is 1. The molecular weight excluding hydrogens is 259 g/mol.